The number of imidazole rings is 1. The Morgan fingerprint density at radius 2 is 1.97 bits per heavy atom. The smallest absolute Gasteiger partial charge is 0.221 e. The maximum atomic E-state index is 12.2. The zero-order valence-corrected chi connectivity index (χ0v) is 18.3. The first kappa shape index (κ1) is 19.9. The molecule has 0 saturated carbocycles. The molecule has 0 spiro atoms. The quantitative estimate of drug-likeness (QED) is 0.666. The average molecular weight is 410 g/mol. The fraction of sp³-hybridized carbons (Fsp3) is 0.455. The highest BCUT2D eigenvalue weighted by Crippen LogP contribution is 2.36. The molecule has 1 aliphatic rings. The van der Waals surface area contributed by atoms with E-state index in [1.165, 1.54) is 34.4 Å². The molecule has 0 unspecified atom stereocenters. The van der Waals surface area contributed by atoms with Crippen molar-refractivity contribution in [3.05, 3.63) is 40.8 Å². The molecule has 7 heteroatoms. The second-order valence-electron chi connectivity index (χ2n) is 7.99. The maximum Gasteiger partial charge on any atom is 0.221 e. The van der Waals surface area contributed by atoms with Gasteiger partial charge in [-0.3, -0.25) is 4.79 Å². The Labute approximate surface area is 175 Å². The Morgan fingerprint density at radius 3 is 2.72 bits per heavy atom. The van der Waals surface area contributed by atoms with E-state index < -0.39 is 0 Å². The number of aryl methyl sites for hydroxylation is 5. The van der Waals surface area contributed by atoms with E-state index >= 15 is 0 Å². The van der Waals surface area contributed by atoms with Gasteiger partial charge in [-0.25, -0.2) is 15.0 Å². The number of fused-ring (bicyclic) bond motifs is 2. The van der Waals surface area contributed by atoms with Crippen LogP contribution in [0.3, 0.4) is 0 Å². The van der Waals surface area contributed by atoms with Crippen LogP contribution in [0, 0.1) is 13.8 Å². The van der Waals surface area contributed by atoms with Gasteiger partial charge in [0.05, 0.1) is 5.69 Å². The molecule has 0 radical (unpaired) electrons. The zero-order chi connectivity index (χ0) is 20.5. The van der Waals surface area contributed by atoms with Gasteiger partial charge in [0.25, 0.3) is 0 Å². The lowest BCUT2D eigenvalue weighted by Crippen LogP contribution is -2.30. The van der Waals surface area contributed by atoms with Gasteiger partial charge in [-0.1, -0.05) is 17.8 Å². The minimum Gasteiger partial charge on any atom is -0.354 e. The minimum atomic E-state index is 0.0392. The summed E-state index contributed by atoms with van der Waals surface area (Å²) < 4.78 is 2.06. The van der Waals surface area contributed by atoms with E-state index in [9.17, 15) is 4.79 Å². The average Bonchev–Trinajstić information content (AvgIpc) is 3.24. The second kappa shape index (κ2) is 8.14. The van der Waals surface area contributed by atoms with Crippen LogP contribution in [-0.2, 0) is 24.2 Å². The van der Waals surface area contributed by atoms with E-state index in [1.54, 1.807) is 18.1 Å². The Hall–Kier alpha value is -2.41. The number of carbonyl (C=O) groups is 1. The summed E-state index contributed by atoms with van der Waals surface area (Å²) in [5.74, 6) is 0.0392. The normalized spacial score (nSPS) is 13.3. The molecule has 1 amide bonds. The highest BCUT2D eigenvalue weighted by atomic mass is 32.2. The first-order valence-corrected chi connectivity index (χ1v) is 11.0. The van der Waals surface area contributed by atoms with Gasteiger partial charge >= 0.3 is 0 Å². The van der Waals surface area contributed by atoms with Crippen LogP contribution < -0.4 is 5.32 Å². The predicted molar refractivity (Wildman–Crippen MR) is 115 cm³/mol. The van der Waals surface area contributed by atoms with E-state index in [2.05, 4.69) is 38.9 Å². The second-order valence-corrected chi connectivity index (χ2v) is 9.00. The van der Waals surface area contributed by atoms with Crippen LogP contribution in [-0.4, -0.2) is 31.5 Å². The molecule has 1 N–H and O–H groups in total. The summed E-state index contributed by atoms with van der Waals surface area (Å²) in [6.45, 7) is 8.59. The minimum absolute atomic E-state index is 0.0392. The molecule has 29 heavy (non-hydrogen) atoms. The molecule has 2 aromatic heterocycles. The van der Waals surface area contributed by atoms with Crippen LogP contribution in [0.5, 0.6) is 0 Å². The van der Waals surface area contributed by atoms with Gasteiger partial charge in [0, 0.05) is 23.9 Å². The summed E-state index contributed by atoms with van der Waals surface area (Å²) in [5, 5.41) is 3.82. The zero-order valence-electron chi connectivity index (χ0n) is 17.5. The van der Waals surface area contributed by atoms with E-state index in [0.717, 1.165) is 28.4 Å². The Morgan fingerprint density at radius 1 is 1.21 bits per heavy atom. The van der Waals surface area contributed by atoms with Gasteiger partial charge in [-0.2, -0.15) is 0 Å². The van der Waals surface area contributed by atoms with Gasteiger partial charge in [0.15, 0.2) is 10.8 Å². The summed E-state index contributed by atoms with van der Waals surface area (Å²) in [6, 6.07) is 4.77. The maximum absolute atomic E-state index is 12.2. The first-order chi connectivity index (χ1) is 13.9. The van der Waals surface area contributed by atoms with E-state index in [-0.39, 0.29) is 11.9 Å². The predicted octanol–water partition coefficient (Wildman–Crippen LogP) is 4.00. The van der Waals surface area contributed by atoms with E-state index in [1.807, 2.05) is 20.8 Å². The lowest BCUT2D eigenvalue weighted by molar-refractivity contribution is -0.121. The van der Waals surface area contributed by atoms with Crippen molar-refractivity contribution in [2.75, 3.05) is 0 Å². The SMILES string of the molecule is Cc1cc2c(cc1Sc1nc3c(C)ncnc3n1CCC(=O)NC(C)C)CCC2. The third-order valence-electron chi connectivity index (χ3n) is 5.28. The molecular formula is C22H27N5OS. The summed E-state index contributed by atoms with van der Waals surface area (Å²) in [6.07, 6.45) is 5.53. The van der Waals surface area contributed by atoms with Crippen LogP contribution in [0.1, 0.15) is 49.1 Å². The van der Waals surface area contributed by atoms with Gasteiger partial charge in [-0.05, 0) is 69.7 Å². The molecule has 6 nitrogen and oxygen atoms in total. The van der Waals surface area contributed by atoms with Crippen LogP contribution in [0.25, 0.3) is 11.2 Å². The Kier molecular flexibility index (Phi) is 5.58. The molecule has 0 aliphatic heterocycles. The van der Waals surface area contributed by atoms with Crippen molar-refractivity contribution in [3.63, 3.8) is 0 Å². The van der Waals surface area contributed by atoms with Gasteiger partial charge < -0.3 is 9.88 Å². The van der Waals surface area contributed by atoms with Crippen LogP contribution in [0.15, 0.2) is 28.5 Å². The first-order valence-electron chi connectivity index (χ1n) is 10.2. The number of nitrogens with zero attached hydrogens (tertiary/aromatic N) is 4. The van der Waals surface area contributed by atoms with E-state index in [4.69, 9.17) is 4.98 Å². The standard InChI is InChI=1S/C22H27N5OS/c1-13(2)25-19(28)8-9-27-21-20(15(4)23-12-24-21)26-22(27)29-18-11-17-7-5-6-16(17)10-14(18)3/h10-13H,5-9H2,1-4H3,(H,25,28). The van der Waals surface area contributed by atoms with Crippen molar-refractivity contribution in [3.8, 4) is 0 Å². The monoisotopic (exact) mass is 409 g/mol. The molecule has 0 saturated heterocycles. The Balaban J connectivity index is 1.68. The highest BCUT2D eigenvalue weighted by molar-refractivity contribution is 7.99. The van der Waals surface area contributed by atoms with Crippen molar-refractivity contribution in [1.82, 2.24) is 24.8 Å². The number of hydrogen-bond acceptors (Lipinski definition) is 5. The molecule has 0 bridgehead atoms. The third-order valence-corrected chi connectivity index (χ3v) is 6.44. The number of rotatable bonds is 6. The van der Waals surface area contributed by atoms with Gasteiger partial charge in [0.2, 0.25) is 5.91 Å². The summed E-state index contributed by atoms with van der Waals surface area (Å²) >= 11 is 1.66. The molecule has 0 atom stereocenters. The van der Waals surface area contributed by atoms with Crippen LogP contribution >= 0.6 is 11.8 Å². The largest absolute Gasteiger partial charge is 0.354 e. The molecule has 4 rings (SSSR count). The molecule has 2 heterocycles. The highest BCUT2D eigenvalue weighted by Gasteiger charge is 2.19. The lowest BCUT2D eigenvalue weighted by Gasteiger charge is -2.12. The van der Waals surface area contributed by atoms with Crippen molar-refractivity contribution in [2.45, 2.75) is 76.0 Å². The van der Waals surface area contributed by atoms with Crippen molar-refractivity contribution in [1.29, 1.82) is 0 Å². The summed E-state index contributed by atoms with van der Waals surface area (Å²) in [4.78, 5) is 27.1. The van der Waals surface area contributed by atoms with Crippen molar-refractivity contribution in [2.24, 2.45) is 0 Å². The fourth-order valence-electron chi connectivity index (χ4n) is 3.85. The number of benzene rings is 1. The molecule has 1 aliphatic carbocycles. The number of carbonyl (C=O) groups excluding carboxylic acids is 1. The number of aromatic nitrogens is 4. The molecule has 1 aromatic carbocycles. The molecule has 0 fully saturated rings. The van der Waals surface area contributed by atoms with E-state index in [0.29, 0.717) is 13.0 Å². The topological polar surface area (TPSA) is 72.7 Å². The van der Waals surface area contributed by atoms with Crippen molar-refractivity contribution < 1.29 is 4.79 Å². The molecule has 152 valence electrons. The van der Waals surface area contributed by atoms with Gasteiger partial charge in [-0.15, -0.1) is 0 Å². The molecular weight excluding hydrogens is 382 g/mol. The third kappa shape index (κ3) is 4.15. The fourth-order valence-corrected chi connectivity index (χ4v) is 4.89. The van der Waals surface area contributed by atoms with Crippen LogP contribution in [0.2, 0.25) is 0 Å². The number of amides is 1. The number of hydrogen-bond donors (Lipinski definition) is 1. The Bertz CT molecular complexity index is 1070. The summed E-state index contributed by atoms with van der Waals surface area (Å²) in [7, 11) is 0. The number of nitrogens with one attached hydrogen (secondary N) is 1. The summed E-state index contributed by atoms with van der Waals surface area (Å²) in [5.41, 5.74) is 6.65. The van der Waals surface area contributed by atoms with Crippen molar-refractivity contribution >= 4 is 28.8 Å². The lowest BCUT2D eigenvalue weighted by atomic mass is 10.1. The molecule has 3 aromatic rings. The van der Waals surface area contributed by atoms with Gasteiger partial charge in [0.1, 0.15) is 11.8 Å². The van der Waals surface area contributed by atoms with Crippen LogP contribution in [0.4, 0.5) is 0 Å².